The number of hydrogen-bond acceptors (Lipinski definition) is 4. The molecule has 1 atom stereocenters. The Hall–Kier alpha value is -1.12. The quantitative estimate of drug-likeness (QED) is 0.815. The lowest BCUT2D eigenvalue weighted by Gasteiger charge is -2.19. The summed E-state index contributed by atoms with van der Waals surface area (Å²) in [6, 6.07) is 3.84. The van der Waals surface area contributed by atoms with E-state index < -0.39 is 16.1 Å². The van der Waals surface area contributed by atoms with E-state index in [0.717, 1.165) is 0 Å². The van der Waals surface area contributed by atoms with Crippen molar-refractivity contribution >= 4 is 31.9 Å². The lowest BCUT2D eigenvalue weighted by Crippen LogP contribution is -2.44. The van der Waals surface area contributed by atoms with Gasteiger partial charge in [0.15, 0.2) is 0 Å². The molecule has 21 heavy (non-hydrogen) atoms. The second kappa shape index (κ2) is 7.24. The zero-order valence-corrected chi connectivity index (χ0v) is 14.8. The summed E-state index contributed by atoms with van der Waals surface area (Å²) in [5.41, 5.74) is 0. The predicted octanol–water partition coefficient (Wildman–Crippen LogP) is 1.60. The van der Waals surface area contributed by atoms with Crippen LogP contribution in [0.5, 0.6) is 5.75 Å². The highest BCUT2D eigenvalue weighted by Crippen LogP contribution is 2.27. The van der Waals surface area contributed by atoms with Crippen LogP contribution in [0.4, 0.5) is 0 Å². The smallest absolute Gasteiger partial charge is 0.245 e. The van der Waals surface area contributed by atoms with Crippen LogP contribution in [-0.2, 0) is 14.8 Å². The number of ether oxygens (including phenoxy) is 1. The van der Waals surface area contributed by atoms with E-state index in [9.17, 15) is 13.2 Å². The Bertz CT molecular complexity index is 617. The Balaban J connectivity index is 3.13. The van der Waals surface area contributed by atoms with Crippen molar-refractivity contribution in [2.45, 2.75) is 24.8 Å². The first kappa shape index (κ1) is 17.9. The molecule has 1 rings (SSSR count). The van der Waals surface area contributed by atoms with Gasteiger partial charge >= 0.3 is 0 Å². The van der Waals surface area contributed by atoms with Crippen molar-refractivity contribution < 1.29 is 17.9 Å². The zero-order valence-electron chi connectivity index (χ0n) is 12.4. The number of nitrogens with one attached hydrogen (secondary N) is 1. The minimum Gasteiger partial charge on any atom is -0.492 e. The lowest BCUT2D eigenvalue weighted by molar-refractivity contribution is -0.130. The van der Waals surface area contributed by atoms with E-state index in [-0.39, 0.29) is 16.6 Å². The number of nitrogens with zero attached hydrogens (tertiary/aromatic N) is 1. The summed E-state index contributed by atoms with van der Waals surface area (Å²) < 4.78 is 33.2. The Morgan fingerprint density at radius 3 is 2.57 bits per heavy atom. The molecule has 0 bridgehead atoms. The molecule has 0 aliphatic rings. The fraction of sp³-hybridized carbons (Fsp3) is 0.462. The lowest BCUT2D eigenvalue weighted by atomic mass is 10.3. The molecule has 0 aromatic heterocycles. The molecular formula is C13H19BrN2O4S. The van der Waals surface area contributed by atoms with Gasteiger partial charge in [0.1, 0.15) is 10.6 Å². The molecule has 0 saturated carbocycles. The maximum absolute atomic E-state index is 12.4. The highest BCUT2D eigenvalue weighted by molar-refractivity contribution is 9.10. The zero-order chi connectivity index (χ0) is 16.2. The summed E-state index contributed by atoms with van der Waals surface area (Å²) in [6.45, 7) is 3.61. The van der Waals surface area contributed by atoms with Crippen LogP contribution < -0.4 is 9.46 Å². The molecule has 0 fully saturated rings. The third kappa shape index (κ3) is 4.69. The van der Waals surface area contributed by atoms with Crippen LogP contribution in [0.1, 0.15) is 13.8 Å². The predicted molar refractivity (Wildman–Crippen MR) is 83.8 cm³/mol. The van der Waals surface area contributed by atoms with E-state index in [1.807, 2.05) is 0 Å². The van der Waals surface area contributed by atoms with Crippen molar-refractivity contribution in [1.29, 1.82) is 0 Å². The minimum atomic E-state index is -3.87. The van der Waals surface area contributed by atoms with Crippen molar-refractivity contribution in [3.63, 3.8) is 0 Å². The monoisotopic (exact) mass is 378 g/mol. The topological polar surface area (TPSA) is 75.7 Å². The average Bonchev–Trinajstić information content (AvgIpc) is 2.39. The number of sulfonamides is 1. The van der Waals surface area contributed by atoms with E-state index in [4.69, 9.17) is 4.74 Å². The van der Waals surface area contributed by atoms with Gasteiger partial charge in [-0.2, -0.15) is 4.72 Å². The van der Waals surface area contributed by atoms with Gasteiger partial charge in [-0.05, 0) is 32.0 Å². The molecule has 0 spiro atoms. The molecule has 1 aromatic rings. The van der Waals surface area contributed by atoms with Crippen molar-refractivity contribution in [3.05, 3.63) is 22.7 Å². The van der Waals surface area contributed by atoms with Gasteiger partial charge in [0, 0.05) is 18.6 Å². The fourth-order valence-corrected chi connectivity index (χ4v) is 3.58. The highest BCUT2D eigenvalue weighted by Gasteiger charge is 2.26. The van der Waals surface area contributed by atoms with Crippen molar-refractivity contribution in [1.82, 2.24) is 9.62 Å². The maximum atomic E-state index is 12.4. The van der Waals surface area contributed by atoms with Gasteiger partial charge in [-0.25, -0.2) is 8.42 Å². The van der Waals surface area contributed by atoms with Crippen molar-refractivity contribution in [3.8, 4) is 5.75 Å². The van der Waals surface area contributed by atoms with Crippen LogP contribution in [0.25, 0.3) is 0 Å². The highest BCUT2D eigenvalue weighted by atomic mass is 79.9. The van der Waals surface area contributed by atoms with E-state index in [1.165, 1.54) is 17.9 Å². The molecule has 118 valence electrons. The first-order valence-electron chi connectivity index (χ1n) is 6.35. The molecule has 0 radical (unpaired) electrons. The standard InChI is InChI=1S/C13H19BrN2O4S/c1-5-20-11-7-6-10(14)8-12(11)21(18,19)15-9(2)13(17)16(3)4/h6-9,15H,5H2,1-4H3/t9-/m0/s1. The second-order valence-corrected chi connectivity index (χ2v) is 7.20. The number of carbonyl (C=O) groups is 1. The number of rotatable bonds is 6. The summed E-state index contributed by atoms with van der Waals surface area (Å²) in [4.78, 5) is 13.1. The number of halogens is 1. The number of carbonyl (C=O) groups excluding carboxylic acids is 1. The van der Waals surface area contributed by atoms with E-state index in [0.29, 0.717) is 11.1 Å². The molecule has 1 aromatic carbocycles. The van der Waals surface area contributed by atoms with E-state index in [1.54, 1.807) is 33.2 Å². The fourth-order valence-electron chi connectivity index (χ4n) is 1.70. The number of likely N-dealkylation sites (N-methyl/N-ethyl adjacent to an activating group) is 1. The van der Waals surface area contributed by atoms with Crippen LogP contribution in [0, 0.1) is 0 Å². The summed E-state index contributed by atoms with van der Waals surface area (Å²) in [7, 11) is -0.731. The summed E-state index contributed by atoms with van der Waals surface area (Å²) in [6.07, 6.45) is 0. The molecule has 0 aliphatic heterocycles. The van der Waals surface area contributed by atoms with Gasteiger partial charge in [0.05, 0.1) is 12.6 Å². The molecule has 6 nitrogen and oxygen atoms in total. The molecule has 0 saturated heterocycles. The SMILES string of the molecule is CCOc1ccc(Br)cc1S(=O)(=O)N[C@@H](C)C(=O)N(C)C. The molecular weight excluding hydrogens is 360 g/mol. The first-order valence-corrected chi connectivity index (χ1v) is 8.62. The summed E-state index contributed by atoms with van der Waals surface area (Å²) in [5, 5.41) is 0. The van der Waals surface area contributed by atoms with Crippen molar-refractivity contribution in [2.75, 3.05) is 20.7 Å². The molecule has 1 amide bonds. The Labute approximate surface area is 133 Å². The Kier molecular flexibility index (Phi) is 6.18. The third-order valence-electron chi connectivity index (χ3n) is 2.64. The molecule has 0 unspecified atom stereocenters. The normalized spacial score (nSPS) is 12.8. The van der Waals surface area contributed by atoms with Crippen LogP contribution in [0.15, 0.2) is 27.6 Å². The van der Waals surface area contributed by atoms with Gasteiger partial charge in [-0.1, -0.05) is 15.9 Å². The van der Waals surface area contributed by atoms with Crippen LogP contribution in [-0.4, -0.2) is 46.0 Å². The second-order valence-electron chi connectivity index (χ2n) is 4.60. The first-order chi connectivity index (χ1) is 9.69. The molecule has 0 aliphatic carbocycles. The number of hydrogen-bond donors (Lipinski definition) is 1. The van der Waals surface area contributed by atoms with E-state index >= 15 is 0 Å². The van der Waals surface area contributed by atoms with Gasteiger partial charge < -0.3 is 9.64 Å². The van der Waals surface area contributed by atoms with Crippen LogP contribution in [0.2, 0.25) is 0 Å². The molecule has 0 heterocycles. The molecule has 8 heteroatoms. The summed E-state index contributed by atoms with van der Waals surface area (Å²) >= 11 is 3.24. The van der Waals surface area contributed by atoms with Gasteiger partial charge in [0.25, 0.3) is 0 Å². The molecule has 1 N–H and O–H groups in total. The average molecular weight is 379 g/mol. The third-order valence-corrected chi connectivity index (χ3v) is 4.69. The van der Waals surface area contributed by atoms with Gasteiger partial charge in [-0.15, -0.1) is 0 Å². The van der Waals surface area contributed by atoms with E-state index in [2.05, 4.69) is 20.7 Å². The van der Waals surface area contributed by atoms with Gasteiger partial charge in [0.2, 0.25) is 15.9 Å². The van der Waals surface area contributed by atoms with Crippen molar-refractivity contribution in [2.24, 2.45) is 0 Å². The van der Waals surface area contributed by atoms with Gasteiger partial charge in [-0.3, -0.25) is 4.79 Å². The Morgan fingerprint density at radius 1 is 1.43 bits per heavy atom. The largest absolute Gasteiger partial charge is 0.492 e. The minimum absolute atomic E-state index is 0.00266. The Morgan fingerprint density at radius 2 is 2.05 bits per heavy atom. The number of benzene rings is 1. The van der Waals surface area contributed by atoms with Crippen LogP contribution >= 0.6 is 15.9 Å². The number of amides is 1. The summed E-state index contributed by atoms with van der Waals surface area (Å²) in [5.74, 6) is -0.0794. The van der Waals surface area contributed by atoms with Crippen LogP contribution in [0.3, 0.4) is 0 Å². The maximum Gasteiger partial charge on any atom is 0.245 e.